The maximum absolute atomic E-state index is 2.47. The van der Waals surface area contributed by atoms with Crippen molar-refractivity contribution in [1.82, 2.24) is 0 Å². The van der Waals surface area contributed by atoms with Gasteiger partial charge in [0, 0.05) is 0 Å². The Kier molecular flexibility index (Phi) is 1.07. The number of allylic oxidation sites excluding steroid dienone is 2. The van der Waals surface area contributed by atoms with E-state index >= 15 is 0 Å². The monoisotopic (exact) mass is 136 g/mol. The standard InChI is InChI=1S/C10H16/c1-7(2)10-5-4-8(3)9(10)6-10/h4-5,7-9H,6H2,1-3H3/t8-,9+,10-/m1/s1. The maximum atomic E-state index is 2.47. The van der Waals surface area contributed by atoms with Crippen molar-refractivity contribution < 1.29 is 0 Å². The molecule has 0 aromatic heterocycles. The molecule has 2 aliphatic carbocycles. The van der Waals surface area contributed by atoms with Crippen LogP contribution in [0.4, 0.5) is 0 Å². The molecule has 0 aromatic rings. The summed E-state index contributed by atoms with van der Waals surface area (Å²) >= 11 is 0. The summed E-state index contributed by atoms with van der Waals surface area (Å²) in [6.45, 7) is 7.04. The molecule has 0 heterocycles. The number of fused-ring (bicyclic) bond motifs is 1. The minimum atomic E-state index is 0.652. The Bertz CT molecular complexity index is 178. The van der Waals surface area contributed by atoms with Crippen molar-refractivity contribution in [3.63, 3.8) is 0 Å². The molecule has 0 spiro atoms. The number of hydrogen-bond donors (Lipinski definition) is 0. The second kappa shape index (κ2) is 1.66. The van der Waals surface area contributed by atoms with E-state index in [9.17, 15) is 0 Å². The van der Waals surface area contributed by atoms with E-state index in [0.29, 0.717) is 5.41 Å². The van der Waals surface area contributed by atoms with E-state index in [1.807, 2.05) is 0 Å². The van der Waals surface area contributed by atoms with Crippen LogP contribution in [0, 0.1) is 23.2 Å². The molecular weight excluding hydrogens is 120 g/mol. The van der Waals surface area contributed by atoms with Crippen molar-refractivity contribution >= 4 is 0 Å². The Morgan fingerprint density at radius 3 is 2.40 bits per heavy atom. The molecule has 0 aromatic carbocycles. The van der Waals surface area contributed by atoms with Gasteiger partial charge in [-0.1, -0.05) is 32.9 Å². The molecule has 0 amide bonds. The molecule has 0 N–H and O–H groups in total. The van der Waals surface area contributed by atoms with Crippen molar-refractivity contribution in [3.05, 3.63) is 12.2 Å². The number of rotatable bonds is 1. The molecular formula is C10H16. The summed E-state index contributed by atoms with van der Waals surface area (Å²) in [6.07, 6.45) is 6.32. The van der Waals surface area contributed by atoms with Crippen molar-refractivity contribution in [2.45, 2.75) is 27.2 Å². The van der Waals surface area contributed by atoms with Crippen molar-refractivity contribution in [3.8, 4) is 0 Å². The molecule has 2 aliphatic rings. The molecule has 0 unspecified atom stereocenters. The van der Waals surface area contributed by atoms with E-state index in [1.54, 1.807) is 0 Å². The third kappa shape index (κ3) is 0.574. The highest BCUT2D eigenvalue weighted by molar-refractivity contribution is 5.25. The largest absolute Gasteiger partial charge is 0.0848 e. The Labute approximate surface area is 63.3 Å². The topological polar surface area (TPSA) is 0 Å². The van der Waals surface area contributed by atoms with E-state index < -0.39 is 0 Å². The predicted molar refractivity (Wildman–Crippen MR) is 43.7 cm³/mol. The molecule has 56 valence electrons. The summed E-state index contributed by atoms with van der Waals surface area (Å²) in [6, 6.07) is 0. The lowest BCUT2D eigenvalue weighted by atomic mass is 9.91. The van der Waals surface area contributed by atoms with Gasteiger partial charge in [0.1, 0.15) is 0 Å². The van der Waals surface area contributed by atoms with Crippen LogP contribution in [0.25, 0.3) is 0 Å². The fraction of sp³-hybridized carbons (Fsp3) is 0.800. The zero-order valence-corrected chi connectivity index (χ0v) is 7.09. The lowest BCUT2D eigenvalue weighted by Crippen LogP contribution is -2.06. The van der Waals surface area contributed by atoms with E-state index in [2.05, 4.69) is 32.9 Å². The minimum Gasteiger partial charge on any atom is -0.0848 e. The molecule has 0 radical (unpaired) electrons. The fourth-order valence-electron chi connectivity index (χ4n) is 2.51. The van der Waals surface area contributed by atoms with Gasteiger partial charge in [-0.25, -0.2) is 0 Å². The van der Waals surface area contributed by atoms with Crippen LogP contribution in [0.15, 0.2) is 12.2 Å². The lowest BCUT2D eigenvalue weighted by molar-refractivity contribution is 0.401. The van der Waals surface area contributed by atoms with Gasteiger partial charge in [-0.3, -0.25) is 0 Å². The smallest absolute Gasteiger partial charge is 0.00579 e. The van der Waals surface area contributed by atoms with Gasteiger partial charge in [0.05, 0.1) is 0 Å². The first-order valence-electron chi connectivity index (χ1n) is 4.36. The highest BCUT2D eigenvalue weighted by Crippen LogP contribution is 2.65. The maximum Gasteiger partial charge on any atom is -0.00579 e. The second-order valence-electron chi connectivity index (χ2n) is 4.30. The molecule has 10 heavy (non-hydrogen) atoms. The summed E-state index contributed by atoms with van der Waals surface area (Å²) in [5, 5.41) is 0. The van der Waals surface area contributed by atoms with Crippen LogP contribution >= 0.6 is 0 Å². The average molecular weight is 136 g/mol. The van der Waals surface area contributed by atoms with Gasteiger partial charge in [0.15, 0.2) is 0 Å². The van der Waals surface area contributed by atoms with Crippen LogP contribution in [0.5, 0.6) is 0 Å². The summed E-state index contributed by atoms with van der Waals surface area (Å²) < 4.78 is 0. The first kappa shape index (κ1) is 6.45. The highest BCUT2D eigenvalue weighted by Gasteiger charge is 2.58. The van der Waals surface area contributed by atoms with Crippen LogP contribution in [0.2, 0.25) is 0 Å². The van der Waals surface area contributed by atoms with Gasteiger partial charge >= 0.3 is 0 Å². The highest BCUT2D eigenvalue weighted by atomic mass is 14.6. The van der Waals surface area contributed by atoms with E-state index in [-0.39, 0.29) is 0 Å². The molecule has 1 saturated carbocycles. The van der Waals surface area contributed by atoms with E-state index in [4.69, 9.17) is 0 Å². The van der Waals surface area contributed by atoms with Gasteiger partial charge < -0.3 is 0 Å². The summed E-state index contributed by atoms with van der Waals surface area (Å²) in [5.41, 5.74) is 0.652. The first-order valence-corrected chi connectivity index (χ1v) is 4.36. The molecule has 2 rings (SSSR count). The van der Waals surface area contributed by atoms with Gasteiger partial charge in [0.2, 0.25) is 0 Å². The fourth-order valence-corrected chi connectivity index (χ4v) is 2.51. The van der Waals surface area contributed by atoms with Crippen LogP contribution in [-0.4, -0.2) is 0 Å². The first-order chi connectivity index (χ1) is 4.67. The van der Waals surface area contributed by atoms with Gasteiger partial charge in [-0.05, 0) is 29.6 Å². The van der Waals surface area contributed by atoms with Crippen LogP contribution < -0.4 is 0 Å². The average Bonchev–Trinajstić information content (AvgIpc) is 2.52. The normalized spacial score (nSPS) is 50.0. The molecule has 0 saturated heterocycles. The quantitative estimate of drug-likeness (QED) is 0.486. The summed E-state index contributed by atoms with van der Waals surface area (Å²) in [4.78, 5) is 0. The zero-order chi connectivity index (χ0) is 7.35. The van der Waals surface area contributed by atoms with Crippen molar-refractivity contribution in [2.24, 2.45) is 23.2 Å². The molecule has 3 atom stereocenters. The summed E-state index contributed by atoms with van der Waals surface area (Å²) in [7, 11) is 0. The minimum absolute atomic E-state index is 0.652. The third-order valence-corrected chi connectivity index (χ3v) is 3.52. The van der Waals surface area contributed by atoms with Crippen LogP contribution in [-0.2, 0) is 0 Å². The van der Waals surface area contributed by atoms with Gasteiger partial charge in [-0.2, -0.15) is 0 Å². The summed E-state index contributed by atoms with van der Waals surface area (Å²) in [5.74, 6) is 2.73. The SMILES string of the molecule is CC(C)[C@]12C=C[C@@H](C)[C@@H]1C2. The molecule has 0 heteroatoms. The number of hydrogen-bond acceptors (Lipinski definition) is 0. The van der Waals surface area contributed by atoms with Crippen molar-refractivity contribution in [2.75, 3.05) is 0 Å². The zero-order valence-electron chi connectivity index (χ0n) is 7.09. The van der Waals surface area contributed by atoms with Gasteiger partial charge in [-0.15, -0.1) is 0 Å². The van der Waals surface area contributed by atoms with E-state index in [1.165, 1.54) is 6.42 Å². The Balaban J connectivity index is 2.19. The molecule has 0 nitrogen and oxygen atoms in total. The molecule has 0 bridgehead atoms. The predicted octanol–water partition coefficient (Wildman–Crippen LogP) is 2.85. The Morgan fingerprint density at radius 1 is 1.50 bits per heavy atom. The van der Waals surface area contributed by atoms with Crippen LogP contribution in [0.3, 0.4) is 0 Å². The molecule has 0 aliphatic heterocycles. The van der Waals surface area contributed by atoms with Gasteiger partial charge in [0.25, 0.3) is 0 Å². The Morgan fingerprint density at radius 2 is 2.20 bits per heavy atom. The van der Waals surface area contributed by atoms with Crippen LogP contribution in [0.1, 0.15) is 27.2 Å². The Hall–Kier alpha value is -0.260. The lowest BCUT2D eigenvalue weighted by Gasteiger charge is -2.13. The van der Waals surface area contributed by atoms with Crippen molar-refractivity contribution in [1.29, 1.82) is 0 Å². The second-order valence-corrected chi connectivity index (χ2v) is 4.30. The third-order valence-electron chi connectivity index (χ3n) is 3.52. The van der Waals surface area contributed by atoms with E-state index in [0.717, 1.165) is 17.8 Å². The molecule has 1 fully saturated rings.